The lowest BCUT2D eigenvalue weighted by Gasteiger charge is -2.34. The van der Waals surface area contributed by atoms with Gasteiger partial charge in [0, 0.05) is 51.7 Å². The van der Waals surface area contributed by atoms with Crippen molar-refractivity contribution in [3.8, 4) is 0 Å². The van der Waals surface area contributed by atoms with Gasteiger partial charge in [-0.25, -0.2) is 0 Å². The number of piperazine rings is 1. The van der Waals surface area contributed by atoms with Crippen molar-refractivity contribution >= 4 is 5.91 Å². The van der Waals surface area contributed by atoms with E-state index in [1.54, 1.807) is 0 Å². The Balaban J connectivity index is 1.31. The molecule has 1 N–H and O–H groups in total. The van der Waals surface area contributed by atoms with Gasteiger partial charge >= 0.3 is 0 Å². The summed E-state index contributed by atoms with van der Waals surface area (Å²) in [5.74, 6) is 0.572. The van der Waals surface area contributed by atoms with Gasteiger partial charge in [0.15, 0.2) is 0 Å². The molecule has 1 amide bonds. The Morgan fingerprint density at radius 1 is 1.00 bits per heavy atom. The summed E-state index contributed by atoms with van der Waals surface area (Å²) >= 11 is 0. The van der Waals surface area contributed by atoms with E-state index in [-0.39, 0.29) is 11.8 Å². The quantitative estimate of drug-likeness (QED) is 0.873. The highest BCUT2D eigenvalue weighted by molar-refractivity contribution is 5.78. The van der Waals surface area contributed by atoms with Crippen molar-refractivity contribution in [2.24, 2.45) is 5.92 Å². The van der Waals surface area contributed by atoms with Crippen LogP contribution in [-0.4, -0.2) is 55.0 Å². The Morgan fingerprint density at radius 2 is 1.65 bits per heavy atom. The Labute approximate surface area is 139 Å². The fraction of sp³-hybridized carbons (Fsp3) is 0.632. The van der Waals surface area contributed by atoms with E-state index in [1.165, 1.54) is 18.4 Å². The van der Waals surface area contributed by atoms with E-state index in [0.29, 0.717) is 0 Å². The van der Waals surface area contributed by atoms with Crippen LogP contribution in [0.1, 0.15) is 31.2 Å². The maximum Gasteiger partial charge on any atom is 0.223 e. The highest BCUT2D eigenvalue weighted by Gasteiger charge is 2.22. The molecule has 1 aromatic carbocycles. The van der Waals surface area contributed by atoms with Crippen molar-refractivity contribution in [3.63, 3.8) is 0 Å². The molecule has 1 saturated heterocycles. The third-order valence-corrected chi connectivity index (χ3v) is 5.17. The maximum atomic E-state index is 12.0. The SMILES string of the molecule is O=C(NCCN1CCN(Cc2ccccc2)CC1)C1CCCC1. The van der Waals surface area contributed by atoms with Gasteiger partial charge in [0.25, 0.3) is 0 Å². The zero-order chi connectivity index (χ0) is 15.9. The van der Waals surface area contributed by atoms with Crippen molar-refractivity contribution in [1.29, 1.82) is 0 Å². The van der Waals surface area contributed by atoms with E-state index in [2.05, 4.69) is 45.4 Å². The van der Waals surface area contributed by atoms with Crippen LogP contribution in [0.5, 0.6) is 0 Å². The summed E-state index contributed by atoms with van der Waals surface area (Å²) < 4.78 is 0. The molecule has 0 radical (unpaired) electrons. The first-order chi connectivity index (χ1) is 11.3. The van der Waals surface area contributed by atoms with E-state index in [9.17, 15) is 4.79 Å². The number of carbonyl (C=O) groups excluding carboxylic acids is 1. The number of rotatable bonds is 6. The van der Waals surface area contributed by atoms with Crippen LogP contribution in [0.15, 0.2) is 30.3 Å². The molecule has 23 heavy (non-hydrogen) atoms. The lowest BCUT2D eigenvalue weighted by molar-refractivity contribution is -0.124. The standard InChI is InChI=1S/C19H29N3O/c23-19(18-8-4-5-9-18)20-10-11-21-12-14-22(15-13-21)16-17-6-2-1-3-7-17/h1-3,6-7,18H,4-5,8-16H2,(H,20,23). The number of amides is 1. The van der Waals surface area contributed by atoms with Crippen molar-refractivity contribution in [1.82, 2.24) is 15.1 Å². The van der Waals surface area contributed by atoms with E-state index in [4.69, 9.17) is 0 Å². The zero-order valence-electron chi connectivity index (χ0n) is 14.0. The second-order valence-electron chi connectivity index (χ2n) is 6.88. The summed E-state index contributed by atoms with van der Waals surface area (Å²) in [6.07, 6.45) is 4.62. The molecular weight excluding hydrogens is 286 g/mol. The minimum absolute atomic E-state index is 0.283. The van der Waals surface area contributed by atoms with Crippen LogP contribution in [-0.2, 0) is 11.3 Å². The van der Waals surface area contributed by atoms with Crippen LogP contribution in [0.25, 0.3) is 0 Å². The monoisotopic (exact) mass is 315 g/mol. The van der Waals surface area contributed by atoms with Gasteiger partial charge in [-0.2, -0.15) is 0 Å². The lowest BCUT2D eigenvalue weighted by atomic mass is 10.1. The molecule has 2 fully saturated rings. The van der Waals surface area contributed by atoms with Crippen molar-refractivity contribution in [3.05, 3.63) is 35.9 Å². The van der Waals surface area contributed by atoms with Gasteiger partial charge in [-0.15, -0.1) is 0 Å². The number of nitrogens with one attached hydrogen (secondary N) is 1. The zero-order valence-corrected chi connectivity index (χ0v) is 14.0. The highest BCUT2D eigenvalue weighted by Crippen LogP contribution is 2.24. The van der Waals surface area contributed by atoms with Crippen molar-refractivity contribution in [2.45, 2.75) is 32.2 Å². The summed E-state index contributed by atoms with van der Waals surface area (Å²) in [5, 5.41) is 3.13. The second kappa shape index (κ2) is 8.46. The molecule has 126 valence electrons. The highest BCUT2D eigenvalue weighted by atomic mass is 16.1. The maximum absolute atomic E-state index is 12.0. The van der Waals surface area contributed by atoms with Crippen LogP contribution in [0.4, 0.5) is 0 Å². The van der Waals surface area contributed by atoms with E-state index in [1.807, 2.05) is 0 Å². The van der Waals surface area contributed by atoms with E-state index < -0.39 is 0 Å². The predicted molar refractivity (Wildman–Crippen MR) is 93.1 cm³/mol. The third kappa shape index (κ3) is 5.05. The molecule has 4 heteroatoms. The van der Waals surface area contributed by atoms with Gasteiger partial charge in [-0.3, -0.25) is 14.6 Å². The Morgan fingerprint density at radius 3 is 2.35 bits per heavy atom. The number of nitrogens with zero attached hydrogens (tertiary/aromatic N) is 2. The lowest BCUT2D eigenvalue weighted by Crippen LogP contribution is -2.48. The van der Waals surface area contributed by atoms with Crippen LogP contribution >= 0.6 is 0 Å². The molecule has 1 aliphatic carbocycles. The normalized spacial score (nSPS) is 20.7. The molecule has 1 heterocycles. The molecule has 0 unspecified atom stereocenters. The van der Waals surface area contributed by atoms with Gasteiger partial charge in [0.1, 0.15) is 0 Å². The number of hydrogen-bond acceptors (Lipinski definition) is 3. The molecule has 3 rings (SSSR count). The van der Waals surface area contributed by atoms with Crippen molar-refractivity contribution in [2.75, 3.05) is 39.3 Å². The van der Waals surface area contributed by atoms with Gasteiger partial charge in [0.2, 0.25) is 5.91 Å². The summed E-state index contributed by atoms with van der Waals surface area (Å²) in [6, 6.07) is 10.7. The molecule has 4 nitrogen and oxygen atoms in total. The fourth-order valence-electron chi connectivity index (χ4n) is 3.68. The summed E-state index contributed by atoms with van der Waals surface area (Å²) in [4.78, 5) is 17.0. The molecule has 1 aromatic rings. The average molecular weight is 315 g/mol. The first-order valence-electron chi connectivity index (χ1n) is 9.07. The molecule has 2 aliphatic rings. The predicted octanol–water partition coefficient (Wildman–Crippen LogP) is 2.11. The largest absolute Gasteiger partial charge is 0.355 e. The molecular formula is C19H29N3O. The molecule has 1 aliphatic heterocycles. The first-order valence-corrected chi connectivity index (χ1v) is 9.07. The van der Waals surface area contributed by atoms with Crippen LogP contribution < -0.4 is 5.32 Å². The van der Waals surface area contributed by atoms with E-state index >= 15 is 0 Å². The molecule has 0 spiro atoms. The van der Waals surface area contributed by atoms with Crippen LogP contribution in [0.3, 0.4) is 0 Å². The van der Waals surface area contributed by atoms with Gasteiger partial charge in [-0.1, -0.05) is 43.2 Å². The fourth-order valence-corrected chi connectivity index (χ4v) is 3.68. The van der Waals surface area contributed by atoms with E-state index in [0.717, 1.165) is 58.7 Å². The molecule has 1 saturated carbocycles. The second-order valence-corrected chi connectivity index (χ2v) is 6.88. The van der Waals surface area contributed by atoms with Crippen LogP contribution in [0, 0.1) is 5.92 Å². The topological polar surface area (TPSA) is 35.6 Å². The third-order valence-electron chi connectivity index (χ3n) is 5.17. The van der Waals surface area contributed by atoms with Gasteiger partial charge in [-0.05, 0) is 18.4 Å². The van der Waals surface area contributed by atoms with Gasteiger partial charge < -0.3 is 5.32 Å². The molecule has 0 aromatic heterocycles. The minimum Gasteiger partial charge on any atom is -0.355 e. The summed E-state index contributed by atoms with van der Waals surface area (Å²) in [6.45, 7) is 7.27. The summed E-state index contributed by atoms with van der Waals surface area (Å²) in [5.41, 5.74) is 1.39. The Bertz CT molecular complexity index is 477. The number of carbonyl (C=O) groups is 1. The molecule has 0 bridgehead atoms. The Hall–Kier alpha value is -1.39. The minimum atomic E-state index is 0.283. The van der Waals surface area contributed by atoms with Gasteiger partial charge in [0.05, 0.1) is 0 Å². The van der Waals surface area contributed by atoms with Crippen molar-refractivity contribution < 1.29 is 4.79 Å². The van der Waals surface area contributed by atoms with Crippen LogP contribution in [0.2, 0.25) is 0 Å². The average Bonchev–Trinajstić information content (AvgIpc) is 3.12. The summed E-state index contributed by atoms with van der Waals surface area (Å²) in [7, 11) is 0. The first kappa shape index (κ1) is 16.5. The molecule has 0 atom stereocenters. The smallest absolute Gasteiger partial charge is 0.223 e. The Kier molecular flexibility index (Phi) is 6.06. The number of benzene rings is 1. The number of hydrogen-bond donors (Lipinski definition) is 1.